The number of furan rings is 1. The van der Waals surface area contributed by atoms with Crippen LogP contribution in [0, 0.1) is 51.9 Å². The maximum Gasteiger partial charge on any atom is 0.124 e. The van der Waals surface area contributed by atoms with E-state index >= 15 is 0 Å². The topological polar surface area (TPSA) is 51.8 Å². The van der Waals surface area contributed by atoms with Crippen LogP contribution in [0.2, 0.25) is 0 Å². The molecule has 0 bridgehead atoms. The van der Waals surface area contributed by atoms with Gasteiger partial charge in [-0.3, -0.25) is 4.98 Å². The largest absolute Gasteiger partial charge is 0.500 e. The minimum atomic E-state index is -2.65. The second-order valence-electron chi connectivity index (χ2n) is 11.4. The van der Waals surface area contributed by atoms with Gasteiger partial charge in [0.05, 0.1) is 11.1 Å². The van der Waals surface area contributed by atoms with Crippen molar-refractivity contribution in [3.63, 3.8) is 0 Å². The average molecular weight is 770 g/mol. The quantitative estimate of drug-likeness (QED) is 0.133. The fraction of sp³-hybridized carbons (Fsp3) is 0.256. The van der Waals surface area contributed by atoms with Crippen molar-refractivity contribution in [3.05, 3.63) is 113 Å². The van der Waals surface area contributed by atoms with Crippen LogP contribution in [0.1, 0.15) is 73.5 Å². The van der Waals surface area contributed by atoms with Gasteiger partial charge in [0.25, 0.3) is 0 Å². The average Bonchev–Trinajstić information content (AvgIpc) is 3.48. The molecule has 0 aliphatic heterocycles. The molecular formula is C39H37IrN3O-2. The molecule has 7 aromatic rings. The Hall–Kier alpha value is -3.92. The molecule has 5 heteroatoms. The predicted molar refractivity (Wildman–Crippen MR) is 178 cm³/mol. The van der Waals surface area contributed by atoms with Gasteiger partial charge < -0.3 is 14.4 Å². The third-order valence-corrected chi connectivity index (χ3v) is 6.89. The molecular weight excluding hydrogens is 719 g/mol. The Labute approximate surface area is 293 Å². The van der Waals surface area contributed by atoms with E-state index in [9.17, 15) is 0 Å². The van der Waals surface area contributed by atoms with Crippen molar-refractivity contribution in [1.29, 1.82) is 0 Å². The maximum atomic E-state index is 8.39. The molecule has 225 valence electrons. The van der Waals surface area contributed by atoms with E-state index in [1.54, 1.807) is 36.5 Å². The molecule has 3 aromatic carbocycles. The van der Waals surface area contributed by atoms with Gasteiger partial charge in [-0.2, -0.15) is 0 Å². The summed E-state index contributed by atoms with van der Waals surface area (Å²) in [5, 5.41) is 1.96. The van der Waals surface area contributed by atoms with Crippen LogP contribution < -0.4 is 0 Å². The normalized spacial score (nSPS) is 17.7. The van der Waals surface area contributed by atoms with E-state index < -0.39 is 39.2 Å². The molecule has 7 rings (SSSR count). The number of nitrogens with zero attached hydrogens (tertiary/aromatic N) is 3. The van der Waals surface area contributed by atoms with E-state index in [4.69, 9.17) is 23.6 Å². The van der Waals surface area contributed by atoms with Gasteiger partial charge in [0, 0.05) is 68.8 Å². The summed E-state index contributed by atoms with van der Waals surface area (Å²) in [6.07, 6.45) is 1.14. The molecule has 0 saturated carbocycles. The molecule has 0 aliphatic rings. The summed E-state index contributed by atoms with van der Waals surface area (Å²) in [5.41, 5.74) is 3.72. The van der Waals surface area contributed by atoms with Crippen LogP contribution in [-0.2, 0) is 26.5 Å². The summed E-state index contributed by atoms with van der Waals surface area (Å²) < 4.78 is 114. The minimum absolute atomic E-state index is 0. The van der Waals surface area contributed by atoms with Crippen LogP contribution >= 0.6 is 0 Å². The van der Waals surface area contributed by atoms with Gasteiger partial charge in [-0.1, -0.05) is 62.3 Å². The van der Waals surface area contributed by atoms with E-state index in [-0.39, 0.29) is 48.2 Å². The fourth-order valence-electron chi connectivity index (χ4n) is 4.95. The Morgan fingerprint density at radius 1 is 0.818 bits per heavy atom. The predicted octanol–water partition coefficient (Wildman–Crippen LogP) is 10.1. The first-order valence-corrected chi connectivity index (χ1v) is 13.6. The van der Waals surface area contributed by atoms with Crippen molar-refractivity contribution < 1.29 is 43.7 Å². The van der Waals surface area contributed by atoms with Gasteiger partial charge in [0.2, 0.25) is 0 Å². The van der Waals surface area contributed by atoms with Crippen LogP contribution in [0.5, 0.6) is 0 Å². The number of hydrogen-bond acceptors (Lipinski definition) is 4. The van der Waals surface area contributed by atoms with Crippen molar-refractivity contribution in [3.8, 4) is 22.5 Å². The number of benzene rings is 3. The zero-order chi connectivity index (χ0) is 42.3. The molecule has 0 aliphatic carbocycles. The molecule has 1 radical (unpaired) electrons. The monoisotopic (exact) mass is 770 g/mol. The number of hydrogen-bond donors (Lipinski definition) is 0. The first-order chi connectivity index (χ1) is 26.1. The molecule has 4 heterocycles. The second-order valence-corrected chi connectivity index (χ2v) is 11.4. The molecule has 0 N–H and O–H groups in total. The zero-order valence-corrected chi connectivity index (χ0v) is 26.8. The molecule has 4 nitrogen and oxygen atoms in total. The van der Waals surface area contributed by atoms with Crippen LogP contribution in [0.4, 0.5) is 0 Å². The zero-order valence-electron chi connectivity index (χ0n) is 38.4. The summed E-state index contributed by atoms with van der Waals surface area (Å²) in [6.45, 7) is -2.37. The molecule has 4 aromatic heterocycles. The van der Waals surface area contributed by atoms with E-state index in [2.05, 4.69) is 27.1 Å². The van der Waals surface area contributed by atoms with E-state index in [1.807, 2.05) is 33.8 Å². The number of pyridine rings is 3. The van der Waals surface area contributed by atoms with Crippen molar-refractivity contribution in [2.75, 3.05) is 0 Å². The minimum Gasteiger partial charge on any atom is -0.500 e. The van der Waals surface area contributed by atoms with Crippen molar-refractivity contribution >= 4 is 32.8 Å². The number of aryl methyl sites for hydroxylation is 5. The van der Waals surface area contributed by atoms with Gasteiger partial charge in [-0.15, -0.1) is 53.1 Å². The maximum absolute atomic E-state index is 8.39. The molecule has 0 atom stereocenters. The number of rotatable bonds is 3. The number of aromatic nitrogens is 3. The Bertz CT molecular complexity index is 2600. The van der Waals surface area contributed by atoms with Crippen molar-refractivity contribution in [1.82, 2.24) is 15.0 Å². The van der Waals surface area contributed by atoms with Gasteiger partial charge in [0.1, 0.15) is 5.58 Å². The first-order valence-electron chi connectivity index (χ1n) is 20.6. The van der Waals surface area contributed by atoms with Gasteiger partial charge in [-0.25, -0.2) is 0 Å². The Balaban J connectivity index is 0.000000229. The molecule has 0 saturated heterocycles. The summed E-state index contributed by atoms with van der Waals surface area (Å²) in [6, 6.07) is 20.1. The summed E-state index contributed by atoms with van der Waals surface area (Å²) in [5.74, 6) is 0. The second kappa shape index (κ2) is 12.2. The Morgan fingerprint density at radius 2 is 1.64 bits per heavy atom. The smallest absolute Gasteiger partial charge is 0.124 e. The molecule has 0 spiro atoms. The third kappa shape index (κ3) is 6.31. The van der Waals surface area contributed by atoms with Crippen LogP contribution in [0.3, 0.4) is 0 Å². The first kappa shape index (κ1) is 18.1. The van der Waals surface area contributed by atoms with Crippen molar-refractivity contribution in [2.45, 2.75) is 61.5 Å². The Kier molecular flexibility index (Phi) is 5.04. The van der Waals surface area contributed by atoms with Crippen LogP contribution in [0.15, 0.2) is 71.4 Å². The fourth-order valence-corrected chi connectivity index (χ4v) is 4.95. The Morgan fingerprint density at radius 3 is 2.34 bits per heavy atom. The van der Waals surface area contributed by atoms with Gasteiger partial charge in [0.15, 0.2) is 0 Å². The standard InChI is InChI=1S/C21H15N2O.C18H22N.Ir/c1-11-8-17(22-10-12(11)2)14-5-7-18-20-15(14)4-6-16-21(20)19(24-18)9-13(3)23-16;1-13-6-8-15(9-7-13)17-10-14(2)16(12-19-17)11-18(3,4)5;/h4,6-10H,1-3H3;6-8,10,12H,11H2,1-5H3;/q2*-1;/i1D3,2D3,3D3;1D3,11D2;. The SMILES string of the molecule is [2H]C([2H])([2H])c1c[c-]c(-c2cc(C)c(C([2H])([2H])C(C)(C)C)cn2)cc1.[2H]C([2H])([2H])c1cc2oc3c[c-]c(-c4cc(C([2H])([2H])[2H])c(C([2H])([2H])[2H])cn4)c4ccc(n1)c2c34.[Ir]. The van der Waals surface area contributed by atoms with Gasteiger partial charge >= 0.3 is 0 Å². The van der Waals surface area contributed by atoms with Gasteiger partial charge in [-0.05, 0) is 73.2 Å². The van der Waals surface area contributed by atoms with E-state index in [1.165, 1.54) is 18.2 Å². The molecule has 44 heavy (non-hydrogen) atoms. The van der Waals surface area contributed by atoms with Crippen molar-refractivity contribution in [2.24, 2.45) is 5.41 Å². The van der Waals surface area contributed by atoms with Crippen LogP contribution in [0.25, 0.3) is 55.4 Å². The molecule has 0 unspecified atom stereocenters. The molecule has 0 amide bonds. The molecule has 0 fully saturated rings. The summed E-state index contributed by atoms with van der Waals surface area (Å²) in [4.78, 5) is 12.9. The third-order valence-electron chi connectivity index (χ3n) is 6.89. The summed E-state index contributed by atoms with van der Waals surface area (Å²) >= 11 is 0. The summed E-state index contributed by atoms with van der Waals surface area (Å²) in [7, 11) is 0. The van der Waals surface area contributed by atoms with E-state index in [0.717, 1.165) is 11.8 Å². The van der Waals surface area contributed by atoms with Crippen LogP contribution in [-0.4, -0.2) is 15.0 Å². The van der Waals surface area contributed by atoms with E-state index in [0.29, 0.717) is 55.2 Å².